The van der Waals surface area contributed by atoms with Crippen LogP contribution in [-0.4, -0.2) is 23.0 Å². The van der Waals surface area contributed by atoms with Crippen molar-refractivity contribution in [2.24, 2.45) is 0 Å². The summed E-state index contributed by atoms with van der Waals surface area (Å²) in [6, 6.07) is 7.80. The molecule has 0 amide bonds. The van der Waals surface area contributed by atoms with Gasteiger partial charge >= 0.3 is 5.97 Å². The van der Waals surface area contributed by atoms with Crippen LogP contribution in [0.1, 0.15) is 21.7 Å². The summed E-state index contributed by atoms with van der Waals surface area (Å²) >= 11 is 0. The molecule has 0 fully saturated rings. The van der Waals surface area contributed by atoms with Crippen LogP contribution in [0.4, 0.5) is 11.5 Å². The zero-order valence-corrected chi connectivity index (χ0v) is 11.1. The maximum Gasteiger partial charge on any atom is 0.376 e. The number of carbonyl (C=O) groups is 1. The van der Waals surface area contributed by atoms with Gasteiger partial charge in [-0.15, -0.1) is 0 Å². The lowest BCUT2D eigenvalue weighted by Gasteiger charge is -2.10. The van der Waals surface area contributed by atoms with Crippen LogP contribution < -0.4 is 5.32 Å². The molecule has 5 nitrogen and oxygen atoms in total. The number of esters is 1. The molecule has 0 atom stereocenters. The molecule has 0 unspecified atom stereocenters. The number of methoxy groups -OCH3 is 1. The van der Waals surface area contributed by atoms with E-state index in [2.05, 4.69) is 20.0 Å². The van der Waals surface area contributed by atoms with Gasteiger partial charge in [0.1, 0.15) is 5.82 Å². The third kappa shape index (κ3) is 3.07. The summed E-state index contributed by atoms with van der Waals surface area (Å²) in [4.78, 5) is 19.3. The summed E-state index contributed by atoms with van der Waals surface area (Å²) in [6.45, 7) is 4.02. The summed E-state index contributed by atoms with van der Waals surface area (Å²) in [6.07, 6.45) is 1.52. The number of nitrogens with one attached hydrogen (secondary N) is 1. The van der Waals surface area contributed by atoms with Gasteiger partial charge in [-0.3, -0.25) is 0 Å². The van der Waals surface area contributed by atoms with Crippen LogP contribution in [0.25, 0.3) is 0 Å². The Morgan fingerprint density at radius 2 is 2.05 bits per heavy atom. The molecule has 0 saturated carbocycles. The minimum atomic E-state index is -0.551. The Balaban J connectivity index is 2.28. The van der Waals surface area contributed by atoms with Gasteiger partial charge in [-0.2, -0.15) is 0 Å². The second-order valence-corrected chi connectivity index (χ2v) is 4.20. The van der Waals surface area contributed by atoms with Crippen molar-refractivity contribution in [1.29, 1.82) is 0 Å². The van der Waals surface area contributed by atoms with E-state index in [1.54, 1.807) is 6.07 Å². The van der Waals surface area contributed by atoms with E-state index in [1.165, 1.54) is 13.3 Å². The molecule has 0 spiro atoms. The van der Waals surface area contributed by atoms with Gasteiger partial charge in [-0.1, -0.05) is 12.1 Å². The number of hydrogen-bond donors (Lipinski definition) is 1. The number of hydrogen-bond acceptors (Lipinski definition) is 5. The van der Waals surface area contributed by atoms with Gasteiger partial charge in [0.2, 0.25) is 5.82 Å². The van der Waals surface area contributed by atoms with E-state index in [0.29, 0.717) is 5.82 Å². The molecule has 1 aromatic heterocycles. The predicted octanol–water partition coefficient (Wildman–Crippen LogP) is 2.62. The fourth-order valence-electron chi connectivity index (χ4n) is 1.63. The highest BCUT2D eigenvalue weighted by Crippen LogP contribution is 2.20. The molecule has 2 aromatic rings. The van der Waals surface area contributed by atoms with Crippen molar-refractivity contribution in [2.45, 2.75) is 13.8 Å². The molecule has 1 heterocycles. The van der Waals surface area contributed by atoms with Crippen LogP contribution >= 0.6 is 0 Å². The minimum Gasteiger partial charge on any atom is -0.463 e. The number of benzene rings is 1. The summed E-state index contributed by atoms with van der Waals surface area (Å²) < 4.78 is 4.59. The normalized spacial score (nSPS) is 10.1. The fourth-order valence-corrected chi connectivity index (χ4v) is 1.63. The lowest BCUT2D eigenvalue weighted by Crippen LogP contribution is -2.08. The average Bonchev–Trinajstić information content (AvgIpc) is 2.42. The SMILES string of the molecule is COC(=O)c1nccc(Nc2cc(C)ccc2C)n1. The summed E-state index contributed by atoms with van der Waals surface area (Å²) in [5.41, 5.74) is 3.20. The zero-order chi connectivity index (χ0) is 13.8. The molecule has 0 aliphatic rings. The molecule has 98 valence electrons. The molecule has 0 aliphatic carbocycles. The van der Waals surface area contributed by atoms with Crippen molar-refractivity contribution < 1.29 is 9.53 Å². The molecule has 0 aliphatic heterocycles. The molecular formula is C14H15N3O2. The number of rotatable bonds is 3. The molecule has 5 heteroatoms. The van der Waals surface area contributed by atoms with E-state index in [9.17, 15) is 4.79 Å². The van der Waals surface area contributed by atoms with E-state index in [1.807, 2.05) is 32.0 Å². The highest BCUT2D eigenvalue weighted by molar-refractivity contribution is 5.85. The highest BCUT2D eigenvalue weighted by Gasteiger charge is 2.10. The van der Waals surface area contributed by atoms with Crippen molar-refractivity contribution >= 4 is 17.5 Å². The van der Waals surface area contributed by atoms with Gasteiger partial charge in [-0.05, 0) is 37.1 Å². The lowest BCUT2D eigenvalue weighted by atomic mass is 10.1. The second kappa shape index (κ2) is 5.48. The number of carbonyl (C=O) groups excluding carboxylic acids is 1. The van der Waals surface area contributed by atoms with Crippen molar-refractivity contribution in [3.05, 3.63) is 47.4 Å². The third-order valence-electron chi connectivity index (χ3n) is 2.68. The van der Waals surface area contributed by atoms with Gasteiger partial charge < -0.3 is 10.1 Å². The largest absolute Gasteiger partial charge is 0.463 e. The van der Waals surface area contributed by atoms with Crippen molar-refractivity contribution in [2.75, 3.05) is 12.4 Å². The first-order valence-electron chi connectivity index (χ1n) is 5.86. The quantitative estimate of drug-likeness (QED) is 0.856. The summed E-state index contributed by atoms with van der Waals surface area (Å²) in [7, 11) is 1.30. The van der Waals surface area contributed by atoms with Crippen LogP contribution in [-0.2, 0) is 4.74 Å². The van der Waals surface area contributed by atoms with Crippen LogP contribution in [0.2, 0.25) is 0 Å². The molecule has 0 saturated heterocycles. The molecule has 0 bridgehead atoms. The zero-order valence-electron chi connectivity index (χ0n) is 11.1. The van der Waals surface area contributed by atoms with Gasteiger partial charge in [-0.25, -0.2) is 14.8 Å². The van der Waals surface area contributed by atoms with E-state index in [4.69, 9.17) is 0 Å². The monoisotopic (exact) mass is 257 g/mol. The first-order valence-corrected chi connectivity index (χ1v) is 5.86. The van der Waals surface area contributed by atoms with Crippen molar-refractivity contribution in [3.63, 3.8) is 0 Å². The molecule has 1 aromatic carbocycles. The van der Waals surface area contributed by atoms with Gasteiger partial charge in [0.15, 0.2) is 0 Å². The van der Waals surface area contributed by atoms with Crippen molar-refractivity contribution in [1.82, 2.24) is 9.97 Å². The Morgan fingerprint density at radius 3 is 2.79 bits per heavy atom. The van der Waals surface area contributed by atoms with E-state index in [-0.39, 0.29) is 5.82 Å². The summed E-state index contributed by atoms with van der Waals surface area (Å²) in [5.74, 6) is 0.0477. The van der Waals surface area contributed by atoms with Crippen molar-refractivity contribution in [3.8, 4) is 0 Å². The Bertz CT molecular complexity index is 611. The Hall–Kier alpha value is -2.43. The molecule has 1 N–H and O–H groups in total. The van der Waals surface area contributed by atoms with Gasteiger partial charge in [0.25, 0.3) is 0 Å². The van der Waals surface area contributed by atoms with Gasteiger partial charge in [0.05, 0.1) is 7.11 Å². The van der Waals surface area contributed by atoms with Crippen LogP contribution in [0.3, 0.4) is 0 Å². The number of nitrogens with zero attached hydrogens (tertiary/aromatic N) is 2. The number of aromatic nitrogens is 2. The molecular weight excluding hydrogens is 242 g/mol. The van der Waals surface area contributed by atoms with Gasteiger partial charge in [0, 0.05) is 11.9 Å². The standard InChI is InChI=1S/C14H15N3O2/c1-9-4-5-10(2)11(8-9)16-12-6-7-15-13(17-12)14(18)19-3/h4-8H,1-3H3,(H,15,16,17). The average molecular weight is 257 g/mol. The minimum absolute atomic E-state index is 0.0396. The van der Waals surface area contributed by atoms with E-state index >= 15 is 0 Å². The first kappa shape index (κ1) is 13.0. The lowest BCUT2D eigenvalue weighted by molar-refractivity contribution is 0.0587. The van der Waals surface area contributed by atoms with Crippen LogP contribution in [0.15, 0.2) is 30.5 Å². The smallest absolute Gasteiger partial charge is 0.376 e. The Labute approximate surface area is 111 Å². The molecule has 19 heavy (non-hydrogen) atoms. The number of aryl methyl sites for hydroxylation is 2. The predicted molar refractivity (Wildman–Crippen MR) is 72.6 cm³/mol. The third-order valence-corrected chi connectivity index (χ3v) is 2.68. The van der Waals surface area contributed by atoms with Crippen LogP contribution in [0.5, 0.6) is 0 Å². The maximum atomic E-state index is 11.4. The topological polar surface area (TPSA) is 64.1 Å². The van der Waals surface area contributed by atoms with E-state index in [0.717, 1.165) is 16.8 Å². The fraction of sp³-hybridized carbons (Fsp3) is 0.214. The van der Waals surface area contributed by atoms with Crippen LogP contribution in [0, 0.1) is 13.8 Å². The van der Waals surface area contributed by atoms with E-state index < -0.39 is 5.97 Å². The second-order valence-electron chi connectivity index (χ2n) is 4.20. The highest BCUT2D eigenvalue weighted by atomic mass is 16.5. The molecule has 2 rings (SSSR count). The first-order chi connectivity index (χ1) is 9.10. The summed E-state index contributed by atoms with van der Waals surface area (Å²) in [5, 5.41) is 3.17. The maximum absolute atomic E-state index is 11.4. The number of ether oxygens (including phenoxy) is 1. The number of anilines is 2. The Morgan fingerprint density at radius 1 is 1.26 bits per heavy atom. The Kier molecular flexibility index (Phi) is 3.75. The molecule has 0 radical (unpaired) electrons.